The van der Waals surface area contributed by atoms with Gasteiger partial charge in [0, 0.05) is 23.4 Å². The SMILES string of the molecule is C=Nc1c(SCN2C(=O)NC3CCN(C)CC32)ccc2c1CCO2. The predicted octanol–water partition coefficient (Wildman–Crippen LogP) is 2.10. The van der Waals surface area contributed by atoms with Crippen molar-refractivity contribution in [3.8, 4) is 5.75 Å². The Balaban J connectivity index is 1.51. The number of benzene rings is 1. The van der Waals surface area contributed by atoms with Gasteiger partial charge in [-0.15, -0.1) is 11.8 Å². The number of carbonyl (C=O) groups is 1. The second-order valence-corrected chi connectivity index (χ2v) is 7.55. The molecule has 0 radical (unpaired) electrons. The predicted molar refractivity (Wildman–Crippen MR) is 95.6 cm³/mol. The monoisotopic (exact) mass is 346 g/mol. The van der Waals surface area contributed by atoms with Gasteiger partial charge >= 0.3 is 6.03 Å². The van der Waals surface area contributed by atoms with Gasteiger partial charge in [0.25, 0.3) is 0 Å². The Bertz CT molecular complexity index is 681. The van der Waals surface area contributed by atoms with E-state index in [2.05, 4.69) is 29.0 Å². The van der Waals surface area contributed by atoms with Crippen LogP contribution < -0.4 is 10.1 Å². The van der Waals surface area contributed by atoms with Gasteiger partial charge in [-0.05, 0) is 38.9 Å². The van der Waals surface area contributed by atoms with Crippen molar-refractivity contribution in [1.29, 1.82) is 0 Å². The fourth-order valence-electron chi connectivity index (χ4n) is 3.79. The summed E-state index contributed by atoms with van der Waals surface area (Å²) in [6, 6.07) is 4.60. The number of rotatable bonds is 4. The molecule has 7 heteroatoms. The first-order chi connectivity index (χ1) is 11.7. The number of hydrogen-bond acceptors (Lipinski definition) is 5. The van der Waals surface area contributed by atoms with E-state index in [4.69, 9.17) is 4.74 Å². The first kappa shape index (κ1) is 15.8. The average Bonchev–Trinajstić information content (AvgIpc) is 3.16. The topological polar surface area (TPSA) is 57.2 Å². The Morgan fingerprint density at radius 2 is 2.38 bits per heavy atom. The Morgan fingerprint density at radius 1 is 1.50 bits per heavy atom. The molecule has 3 aliphatic rings. The maximum absolute atomic E-state index is 12.3. The molecule has 0 aliphatic carbocycles. The number of urea groups is 1. The lowest BCUT2D eigenvalue weighted by Gasteiger charge is -2.35. The molecule has 1 aromatic carbocycles. The molecule has 24 heavy (non-hydrogen) atoms. The van der Waals surface area contributed by atoms with Gasteiger partial charge in [0.2, 0.25) is 0 Å². The molecule has 0 saturated carbocycles. The molecule has 3 aliphatic heterocycles. The molecule has 128 valence electrons. The Morgan fingerprint density at radius 3 is 3.21 bits per heavy atom. The minimum Gasteiger partial charge on any atom is -0.493 e. The third-order valence-electron chi connectivity index (χ3n) is 5.08. The van der Waals surface area contributed by atoms with Crippen LogP contribution in [0.2, 0.25) is 0 Å². The summed E-state index contributed by atoms with van der Waals surface area (Å²) >= 11 is 1.65. The average molecular weight is 346 g/mol. The van der Waals surface area contributed by atoms with Crippen molar-refractivity contribution in [2.45, 2.75) is 29.8 Å². The standard InChI is InChI=1S/C17H22N4O2S/c1-18-16-11-6-8-23-14(11)3-4-15(16)24-10-21-13-9-20(2)7-5-12(13)19-17(21)22/h3-4,12-13H,1,5-10H2,2H3,(H,19,22). The van der Waals surface area contributed by atoms with E-state index in [1.54, 1.807) is 11.8 Å². The molecular weight excluding hydrogens is 324 g/mol. The highest BCUT2D eigenvalue weighted by Gasteiger charge is 2.41. The lowest BCUT2D eigenvalue weighted by molar-refractivity contribution is 0.163. The summed E-state index contributed by atoms with van der Waals surface area (Å²) in [6.45, 7) is 6.39. The summed E-state index contributed by atoms with van der Waals surface area (Å²) in [5.41, 5.74) is 2.04. The molecule has 2 atom stereocenters. The number of nitrogens with one attached hydrogen (secondary N) is 1. The first-order valence-electron chi connectivity index (χ1n) is 8.31. The highest BCUT2D eigenvalue weighted by molar-refractivity contribution is 7.99. The van der Waals surface area contributed by atoms with Crippen LogP contribution in [0.3, 0.4) is 0 Å². The molecular formula is C17H22N4O2S. The zero-order valence-corrected chi connectivity index (χ0v) is 14.6. The number of likely N-dealkylation sites (N-methyl/N-ethyl adjacent to an activating group) is 1. The lowest BCUT2D eigenvalue weighted by atomic mass is 10.0. The number of thioether (sulfide) groups is 1. The van der Waals surface area contributed by atoms with Crippen LogP contribution in [-0.4, -0.2) is 67.3 Å². The molecule has 1 aromatic rings. The van der Waals surface area contributed by atoms with Gasteiger partial charge in [-0.25, -0.2) is 4.79 Å². The molecule has 0 spiro atoms. The van der Waals surface area contributed by atoms with Gasteiger partial charge in [-0.1, -0.05) is 0 Å². The number of nitrogens with zero attached hydrogens (tertiary/aromatic N) is 3. The number of amides is 2. The third kappa shape index (κ3) is 2.65. The largest absolute Gasteiger partial charge is 0.493 e. The summed E-state index contributed by atoms with van der Waals surface area (Å²) in [5.74, 6) is 1.54. The van der Waals surface area contributed by atoms with E-state index < -0.39 is 0 Å². The number of carbonyl (C=O) groups excluding carboxylic acids is 1. The summed E-state index contributed by atoms with van der Waals surface area (Å²) in [5, 5.41) is 3.12. The Hall–Kier alpha value is -1.73. The van der Waals surface area contributed by atoms with Crippen molar-refractivity contribution < 1.29 is 9.53 Å². The van der Waals surface area contributed by atoms with Crippen LogP contribution in [0.1, 0.15) is 12.0 Å². The van der Waals surface area contributed by atoms with Crippen LogP contribution in [0.15, 0.2) is 22.0 Å². The maximum Gasteiger partial charge on any atom is 0.318 e. The molecule has 2 fully saturated rings. The van der Waals surface area contributed by atoms with Crippen molar-refractivity contribution in [2.75, 3.05) is 32.6 Å². The minimum atomic E-state index is 0.0467. The van der Waals surface area contributed by atoms with Gasteiger partial charge < -0.3 is 19.9 Å². The van der Waals surface area contributed by atoms with Crippen molar-refractivity contribution >= 4 is 30.2 Å². The highest BCUT2D eigenvalue weighted by Crippen LogP contribution is 2.41. The third-order valence-corrected chi connectivity index (χ3v) is 6.13. The Kier molecular flexibility index (Phi) is 4.14. The van der Waals surface area contributed by atoms with E-state index in [0.717, 1.165) is 47.8 Å². The van der Waals surface area contributed by atoms with Gasteiger partial charge in [0.15, 0.2) is 0 Å². The number of fused-ring (bicyclic) bond motifs is 2. The van der Waals surface area contributed by atoms with Crippen LogP contribution in [0.25, 0.3) is 0 Å². The van der Waals surface area contributed by atoms with Crippen molar-refractivity contribution in [1.82, 2.24) is 15.1 Å². The van der Waals surface area contributed by atoms with E-state index in [9.17, 15) is 4.79 Å². The van der Waals surface area contributed by atoms with Gasteiger partial charge in [-0.3, -0.25) is 4.99 Å². The van der Waals surface area contributed by atoms with Crippen LogP contribution in [0.5, 0.6) is 5.75 Å². The van der Waals surface area contributed by atoms with Crippen molar-refractivity contribution in [2.24, 2.45) is 4.99 Å². The molecule has 0 bridgehead atoms. The van der Waals surface area contributed by atoms with Gasteiger partial charge in [0.1, 0.15) is 5.75 Å². The summed E-state index contributed by atoms with van der Waals surface area (Å²) < 4.78 is 5.60. The summed E-state index contributed by atoms with van der Waals surface area (Å²) in [7, 11) is 2.12. The molecule has 2 amide bonds. The highest BCUT2D eigenvalue weighted by atomic mass is 32.2. The van der Waals surface area contributed by atoms with E-state index >= 15 is 0 Å². The van der Waals surface area contributed by atoms with Crippen LogP contribution >= 0.6 is 11.8 Å². The zero-order chi connectivity index (χ0) is 16.7. The van der Waals surface area contributed by atoms with Crippen LogP contribution in [0, 0.1) is 0 Å². The van der Waals surface area contributed by atoms with Crippen molar-refractivity contribution in [3.05, 3.63) is 17.7 Å². The second kappa shape index (κ2) is 6.29. The Labute approximate surface area is 146 Å². The normalized spacial score (nSPS) is 25.9. The van der Waals surface area contributed by atoms with E-state index in [-0.39, 0.29) is 18.1 Å². The lowest BCUT2D eigenvalue weighted by Crippen LogP contribution is -2.50. The number of likely N-dealkylation sites (tertiary alicyclic amines) is 1. The number of piperidine rings is 1. The summed E-state index contributed by atoms with van der Waals surface area (Å²) in [4.78, 5) is 21.9. The molecule has 0 aromatic heterocycles. The molecule has 1 N–H and O–H groups in total. The van der Waals surface area contributed by atoms with Crippen LogP contribution in [-0.2, 0) is 6.42 Å². The fraction of sp³-hybridized carbons (Fsp3) is 0.529. The second-order valence-electron chi connectivity index (χ2n) is 6.56. The molecule has 2 unspecified atom stereocenters. The molecule has 6 nitrogen and oxygen atoms in total. The number of aliphatic imine (C=N–C) groups is 1. The fourth-order valence-corrected chi connectivity index (χ4v) is 4.86. The van der Waals surface area contributed by atoms with Gasteiger partial charge in [-0.2, -0.15) is 0 Å². The van der Waals surface area contributed by atoms with Gasteiger partial charge in [0.05, 0.1) is 30.3 Å². The summed E-state index contributed by atoms with van der Waals surface area (Å²) in [6.07, 6.45) is 1.89. The quantitative estimate of drug-likeness (QED) is 0.670. The van der Waals surface area contributed by atoms with E-state index in [0.29, 0.717) is 12.5 Å². The molecule has 2 saturated heterocycles. The van der Waals surface area contributed by atoms with Crippen molar-refractivity contribution in [3.63, 3.8) is 0 Å². The molecule has 4 rings (SSSR count). The first-order valence-corrected chi connectivity index (χ1v) is 9.30. The van der Waals surface area contributed by atoms with E-state index in [1.807, 2.05) is 17.0 Å². The number of hydrogen-bond donors (Lipinski definition) is 1. The van der Waals surface area contributed by atoms with E-state index in [1.165, 1.54) is 0 Å². The number of ether oxygens (including phenoxy) is 1. The maximum atomic E-state index is 12.3. The molecule has 3 heterocycles. The minimum absolute atomic E-state index is 0.0467. The van der Waals surface area contributed by atoms with Crippen LogP contribution in [0.4, 0.5) is 10.5 Å². The zero-order valence-electron chi connectivity index (χ0n) is 13.8. The smallest absolute Gasteiger partial charge is 0.318 e.